The van der Waals surface area contributed by atoms with Gasteiger partial charge in [-0.1, -0.05) is 0 Å². The highest BCUT2D eigenvalue weighted by molar-refractivity contribution is 5.79. The van der Waals surface area contributed by atoms with Crippen LogP contribution < -0.4 is 5.32 Å². The van der Waals surface area contributed by atoms with Gasteiger partial charge < -0.3 is 10.1 Å². The predicted molar refractivity (Wildman–Crippen MR) is 58.5 cm³/mol. The quantitative estimate of drug-likeness (QED) is 0.757. The maximum atomic E-state index is 11.6. The number of amides is 1. The molecular weight excluding hydrogens is 190 g/mol. The zero-order valence-corrected chi connectivity index (χ0v) is 9.71. The predicted octanol–water partition coefficient (Wildman–Crippen LogP) is 1.86. The van der Waals surface area contributed by atoms with Crippen molar-refractivity contribution < 1.29 is 9.53 Å². The molecule has 1 N–H and O–H groups in total. The third-order valence-corrected chi connectivity index (χ3v) is 3.50. The molecule has 0 aliphatic carbocycles. The highest BCUT2D eigenvalue weighted by Crippen LogP contribution is 2.33. The van der Waals surface area contributed by atoms with Crippen molar-refractivity contribution in [2.75, 3.05) is 6.54 Å². The van der Waals surface area contributed by atoms with E-state index < -0.39 is 0 Å². The molecule has 2 rings (SSSR count). The van der Waals surface area contributed by atoms with Crippen LogP contribution in [0.3, 0.4) is 0 Å². The van der Waals surface area contributed by atoms with Gasteiger partial charge in [-0.05, 0) is 46.0 Å². The van der Waals surface area contributed by atoms with Gasteiger partial charge in [0.25, 0.3) is 0 Å². The first kappa shape index (κ1) is 10.9. The standard InChI is InChI=1S/C12H21NO2/c1-12(2)6-5-10(15-12)8-9-4-3-7-13-11(9)14/h9-10H,3-8H2,1-2H3,(H,13,14). The maximum Gasteiger partial charge on any atom is 0.223 e. The first-order chi connectivity index (χ1) is 7.07. The molecule has 1 amide bonds. The Morgan fingerprint density at radius 2 is 2.27 bits per heavy atom. The van der Waals surface area contributed by atoms with Gasteiger partial charge in [0.05, 0.1) is 11.7 Å². The molecular formula is C12H21NO2. The van der Waals surface area contributed by atoms with Crippen molar-refractivity contribution in [3.63, 3.8) is 0 Å². The Balaban J connectivity index is 1.84. The lowest BCUT2D eigenvalue weighted by Gasteiger charge is -2.25. The minimum atomic E-state index is 0.0236. The van der Waals surface area contributed by atoms with Crippen LogP contribution in [0.5, 0.6) is 0 Å². The van der Waals surface area contributed by atoms with Crippen LogP contribution in [-0.4, -0.2) is 24.2 Å². The summed E-state index contributed by atoms with van der Waals surface area (Å²) in [6.45, 7) is 5.12. The van der Waals surface area contributed by atoms with Crippen molar-refractivity contribution in [2.24, 2.45) is 5.92 Å². The second-order valence-corrected chi connectivity index (χ2v) is 5.40. The lowest BCUT2D eigenvalue weighted by atomic mass is 9.91. The third kappa shape index (κ3) is 2.71. The van der Waals surface area contributed by atoms with E-state index in [9.17, 15) is 4.79 Å². The highest BCUT2D eigenvalue weighted by atomic mass is 16.5. The number of rotatable bonds is 2. The number of carbonyl (C=O) groups excluding carboxylic acids is 1. The van der Waals surface area contributed by atoms with E-state index in [1.807, 2.05) is 0 Å². The molecule has 0 aromatic carbocycles. The van der Waals surface area contributed by atoms with Crippen LogP contribution in [0.2, 0.25) is 0 Å². The van der Waals surface area contributed by atoms with Gasteiger partial charge in [0.15, 0.2) is 0 Å². The van der Waals surface area contributed by atoms with Crippen molar-refractivity contribution in [3.8, 4) is 0 Å². The van der Waals surface area contributed by atoms with Crippen molar-refractivity contribution in [3.05, 3.63) is 0 Å². The lowest BCUT2D eigenvalue weighted by Crippen LogP contribution is -2.38. The van der Waals surface area contributed by atoms with Gasteiger partial charge in [-0.15, -0.1) is 0 Å². The summed E-state index contributed by atoms with van der Waals surface area (Å²) in [5, 5.41) is 2.93. The van der Waals surface area contributed by atoms with Crippen LogP contribution in [0.4, 0.5) is 0 Å². The molecule has 15 heavy (non-hydrogen) atoms. The van der Waals surface area contributed by atoms with E-state index in [4.69, 9.17) is 4.74 Å². The highest BCUT2D eigenvalue weighted by Gasteiger charge is 2.34. The Morgan fingerprint density at radius 1 is 1.47 bits per heavy atom. The molecule has 2 fully saturated rings. The van der Waals surface area contributed by atoms with Gasteiger partial charge in [0.2, 0.25) is 5.91 Å². The van der Waals surface area contributed by atoms with E-state index in [-0.39, 0.29) is 17.4 Å². The molecule has 2 heterocycles. The van der Waals surface area contributed by atoms with Gasteiger partial charge in [-0.3, -0.25) is 4.79 Å². The van der Waals surface area contributed by atoms with Gasteiger partial charge >= 0.3 is 0 Å². The van der Waals surface area contributed by atoms with Crippen LogP contribution >= 0.6 is 0 Å². The molecule has 2 aliphatic heterocycles. The van der Waals surface area contributed by atoms with E-state index in [2.05, 4.69) is 19.2 Å². The summed E-state index contributed by atoms with van der Waals surface area (Å²) in [7, 11) is 0. The smallest absolute Gasteiger partial charge is 0.223 e. The first-order valence-electron chi connectivity index (χ1n) is 6.02. The largest absolute Gasteiger partial charge is 0.372 e. The zero-order valence-electron chi connectivity index (χ0n) is 9.71. The average molecular weight is 211 g/mol. The SMILES string of the molecule is CC1(C)CCC(CC2CCCNC2=O)O1. The molecule has 0 saturated carbocycles. The molecule has 3 heteroatoms. The number of nitrogens with one attached hydrogen (secondary N) is 1. The Hall–Kier alpha value is -0.570. The van der Waals surface area contributed by atoms with Crippen LogP contribution in [0.15, 0.2) is 0 Å². The minimum Gasteiger partial charge on any atom is -0.372 e. The fourth-order valence-corrected chi connectivity index (χ4v) is 2.62. The number of carbonyl (C=O) groups is 1. The number of piperidine rings is 1. The maximum absolute atomic E-state index is 11.6. The minimum absolute atomic E-state index is 0.0236. The van der Waals surface area contributed by atoms with Gasteiger partial charge in [-0.25, -0.2) is 0 Å². The third-order valence-electron chi connectivity index (χ3n) is 3.50. The lowest BCUT2D eigenvalue weighted by molar-refractivity contribution is -0.128. The Bertz CT molecular complexity index is 250. The molecule has 2 atom stereocenters. The average Bonchev–Trinajstić information content (AvgIpc) is 2.50. The van der Waals surface area contributed by atoms with E-state index in [0.717, 1.165) is 38.6 Å². The fraction of sp³-hybridized carbons (Fsp3) is 0.917. The van der Waals surface area contributed by atoms with Crippen molar-refractivity contribution >= 4 is 5.91 Å². The van der Waals surface area contributed by atoms with Crippen LogP contribution in [0, 0.1) is 5.92 Å². The first-order valence-corrected chi connectivity index (χ1v) is 6.02. The van der Waals surface area contributed by atoms with E-state index in [1.54, 1.807) is 0 Å². The van der Waals surface area contributed by atoms with Crippen molar-refractivity contribution in [2.45, 2.75) is 57.7 Å². The van der Waals surface area contributed by atoms with Gasteiger partial charge in [0.1, 0.15) is 0 Å². The van der Waals surface area contributed by atoms with Crippen LogP contribution in [0.1, 0.15) is 46.0 Å². The molecule has 0 bridgehead atoms. The molecule has 2 aliphatic rings. The number of hydrogen-bond donors (Lipinski definition) is 1. The second-order valence-electron chi connectivity index (χ2n) is 5.40. The molecule has 2 unspecified atom stereocenters. The van der Waals surface area contributed by atoms with Crippen LogP contribution in [0.25, 0.3) is 0 Å². The summed E-state index contributed by atoms with van der Waals surface area (Å²) in [4.78, 5) is 11.6. The Labute approximate surface area is 91.6 Å². The summed E-state index contributed by atoms with van der Waals surface area (Å²) < 4.78 is 5.92. The Kier molecular flexibility index (Phi) is 3.01. The monoisotopic (exact) mass is 211 g/mol. The molecule has 0 radical (unpaired) electrons. The molecule has 3 nitrogen and oxygen atoms in total. The fourth-order valence-electron chi connectivity index (χ4n) is 2.62. The summed E-state index contributed by atoms with van der Waals surface area (Å²) in [5.74, 6) is 0.423. The topological polar surface area (TPSA) is 38.3 Å². The van der Waals surface area contributed by atoms with Gasteiger partial charge in [-0.2, -0.15) is 0 Å². The van der Waals surface area contributed by atoms with Crippen molar-refractivity contribution in [1.82, 2.24) is 5.32 Å². The molecule has 0 aromatic heterocycles. The van der Waals surface area contributed by atoms with E-state index in [0.29, 0.717) is 6.10 Å². The van der Waals surface area contributed by atoms with Crippen LogP contribution in [-0.2, 0) is 9.53 Å². The molecule has 86 valence electrons. The van der Waals surface area contributed by atoms with Crippen molar-refractivity contribution in [1.29, 1.82) is 0 Å². The zero-order chi connectivity index (χ0) is 10.9. The van der Waals surface area contributed by atoms with Gasteiger partial charge in [0, 0.05) is 12.5 Å². The summed E-state index contributed by atoms with van der Waals surface area (Å²) in [5.41, 5.74) is 0.0236. The molecule has 2 saturated heterocycles. The summed E-state index contributed by atoms with van der Waals surface area (Å²) in [6.07, 6.45) is 5.59. The number of hydrogen-bond acceptors (Lipinski definition) is 2. The molecule has 0 spiro atoms. The summed E-state index contributed by atoms with van der Waals surface area (Å²) in [6, 6.07) is 0. The normalized spacial score (nSPS) is 35.2. The molecule has 0 aromatic rings. The second kappa shape index (κ2) is 4.12. The summed E-state index contributed by atoms with van der Waals surface area (Å²) >= 11 is 0. The number of ether oxygens (including phenoxy) is 1. The van der Waals surface area contributed by atoms with E-state index in [1.165, 1.54) is 0 Å². The Morgan fingerprint density at radius 3 is 2.87 bits per heavy atom. The van der Waals surface area contributed by atoms with E-state index >= 15 is 0 Å².